The average molecular weight is 256 g/mol. The van der Waals surface area contributed by atoms with E-state index in [-0.39, 0.29) is 24.5 Å². The fourth-order valence-corrected chi connectivity index (χ4v) is 1.24. The summed E-state index contributed by atoms with van der Waals surface area (Å²) in [6.45, 7) is 1.54. The summed E-state index contributed by atoms with van der Waals surface area (Å²) in [7, 11) is 1.17. The van der Waals surface area contributed by atoms with Crippen molar-refractivity contribution in [3.63, 3.8) is 0 Å². The maximum Gasteiger partial charge on any atom is 0.344 e. The van der Waals surface area contributed by atoms with E-state index in [1.807, 2.05) is 0 Å². The van der Waals surface area contributed by atoms with Crippen LogP contribution in [0.3, 0.4) is 0 Å². The molecule has 0 radical (unpaired) electrons. The summed E-state index contributed by atoms with van der Waals surface area (Å²) < 4.78 is 27.2. The summed E-state index contributed by atoms with van der Waals surface area (Å²) in [6, 6.07) is 3.35. The number of methoxy groups -OCH3 is 1. The third-order valence-electron chi connectivity index (χ3n) is 2.00. The van der Waals surface area contributed by atoms with Crippen LogP contribution in [0.15, 0.2) is 18.2 Å². The predicted molar refractivity (Wildman–Crippen MR) is 59.9 cm³/mol. The number of ether oxygens (including phenoxy) is 3. The summed E-state index contributed by atoms with van der Waals surface area (Å²) >= 11 is 0. The second-order valence-electron chi connectivity index (χ2n) is 3.23. The number of benzene rings is 1. The summed E-state index contributed by atoms with van der Waals surface area (Å²) in [5.74, 6) is -1.85. The largest absolute Gasteiger partial charge is 0.481 e. The first-order valence-electron chi connectivity index (χ1n) is 5.24. The van der Waals surface area contributed by atoms with E-state index in [1.165, 1.54) is 13.2 Å². The molecule has 0 amide bonds. The molecule has 0 aliphatic heterocycles. The van der Waals surface area contributed by atoms with Crippen LogP contribution < -0.4 is 4.74 Å². The van der Waals surface area contributed by atoms with Gasteiger partial charge in [0.15, 0.2) is 6.61 Å². The van der Waals surface area contributed by atoms with Crippen molar-refractivity contribution < 1.29 is 28.2 Å². The minimum Gasteiger partial charge on any atom is -0.481 e. The molecule has 0 atom stereocenters. The van der Waals surface area contributed by atoms with E-state index in [9.17, 15) is 14.0 Å². The molecule has 0 saturated heterocycles. The van der Waals surface area contributed by atoms with Gasteiger partial charge in [-0.3, -0.25) is 0 Å². The van der Waals surface area contributed by atoms with Gasteiger partial charge in [-0.15, -0.1) is 0 Å². The van der Waals surface area contributed by atoms with Crippen LogP contribution in [0, 0.1) is 5.82 Å². The van der Waals surface area contributed by atoms with Gasteiger partial charge < -0.3 is 14.2 Å². The van der Waals surface area contributed by atoms with Crippen molar-refractivity contribution in [2.75, 3.05) is 20.3 Å². The Labute approximate surface area is 103 Å². The molecule has 0 heterocycles. The molecule has 0 fully saturated rings. The second kappa shape index (κ2) is 6.58. The van der Waals surface area contributed by atoms with Crippen LogP contribution in [0.5, 0.6) is 5.75 Å². The van der Waals surface area contributed by atoms with Crippen LogP contribution in [-0.4, -0.2) is 32.3 Å². The monoisotopic (exact) mass is 256 g/mol. The van der Waals surface area contributed by atoms with Crippen molar-refractivity contribution in [1.29, 1.82) is 0 Å². The van der Waals surface area contributed by atoms with Crippen molar-refractivity contribution in [2.24, 2.45) is 0 Å². The standard InChI is InChI=1S/C12H13FO5/c1-3-17-11(14)7-18-10-5-4-8(13)6-9(10)12(15)16-2/h4-6H,3,7H2,1-2H3. The molecule has 0 aliphatic rings. The highest BCUT2D eigenvalue weighted by molar-refractivity contribution is 5.92. The van der Waals surface area contributed by atoms with Gasteiger partial charge in [0.05, 0.1) is 13.7 Å². The Balaban J connectivity index is 2.81. The molecule has 0 spiro atoms. The van der Waals surface area contributed by atoms with Crippen molar-refractivity contribution >= 4 is 11.9 Å². The van der Waals surface area contributed by atoms with Gasteiger partial charge in [-0.1, -0.05) is 0 Å². The highest BCUT2D eigenvalue weighted by Crippen LogP contribution is 2.20. The first-order valence-corrected chi connectivity index (χ1v) is 5.24. The Kier molecular flexibility index (Phi) is 5.10. The molecule has 0 saturated carbocycles. The Morgan fingerprint density at radius 3 is 2.67 bits per heavy atom. The van der Waals surface area contributed by atoms with Crippen molar-refractivity contribution in [3.8, 4) is 5.75 Å². The minimum atomic E-state index is -0.742. The highest BCUT2D eigenvalue weighted by Gasteiger charge is 2.15. The molecule has 0 N–H and O–H groups in total. The number of hydrogen-bond donors (Lipinski definition) is 0. The number of carbonyl (C=O) groups excluding carboxylic acids is 2. The molecule has 0 bridgehead atoms. The molecule has 18 heavy (non-hydrogen) atoms. The topological polar surface area (TPSA) is 61.8 Å². The quantitative estimate of drug-likeness (QED) is 0.748. The van der Waals surface area contributed by atoms with Crippen LogP contribution in [0.4, 0.5) is 4.39 Å². The summed E-state index contributed by atoms with van der Waals surface area (Å²) in [4.78, 5) is 22.5. The lowest BCUT2D eigenvalue weighted by atomic mass is 10.2. The van der Waals surface area contributed by atoms with E-state index in [0.29, 0.717) is 0 Å². The fourth-order valence-electron chi connectivity index (χ4n) is 1.24. The molecule has 0 aromatic heterocycles. The Bertz CT molecular complexity index is 444. The van der Waals surface area contributed by atoms with Crippen molar-refractivity contribution in [1.82, 2.24) is 0 Å². The van der Waals surface area contributed by atoms with Crippen LogP contribution in [0.1, 0.15) is 17.3 Å². The molecule has 5 nitrogen and oxygen atoms in total. The molecule has 1 aromatic carbocycles. The number of carbonyl (C=O) groups is 2. The SMILES string of the molecule is CCOC(=O)COc1ccc(F)cc1C(=O)OC. The zero-order valence-corrected chi connectivity index (χ0v) is 10.1. The smallest absolute Gasteiger partial charge is 0.344 e. The second-order valence-corrected chi connectivity index (χ2v) is 3.23. The maximum atomic E-state index is 13.0. The lowest BCUT2D eigenvalue weighted by molar-refractivity contribution is -0.145. The van der Waals surface area contributed by atoms with Gasteiger partial charge >= 0.3 is 11.9 Å². The third kappa shape index (κ3) is 3.73. The first-order chi connectivity index (χ1) is 8.58. The van der Waals surface area contributed by atoms with Gasteiger partial charge in [0.1, 0.15) is 17.1 Å². The molecular weight excluding hydrogens is 243 g/mol. The zero-order chi connectivity index (χ0) is 13.5. The van der Waals surface area contributed by atoms with Gasteiger partial charge in [0, 0.05) is 0 Å². The Hall–Kier alpha value is -2.11. The molecule has 6 heteroatoms. The van der Waals surface area contributed by atoms with E-state index < -0.39 is 17.8 Å². The van der Waals surface area contributed by atoms with Crippen LogP contribution >= 0.6 is 0 Å². The maximum absolute atomic E-state index is 13.0. The predicted octanol–water partition coefficient (Wildman–Crippen LogP) is 1.55. The van der Waals surface area contributed by atoms with E-state index in [2.05, 4.69) is 9.47 Å². The molecule has 1 rings (SSSR count). The van der Waals surface area contributed by atoms with Gasteiger partial charge in [-0.05, 0) is 25.1 Å². The first kappa shape index (κ1) is 14.0. The van der Waals surface area contributed by atoms with E-state index in [4.69, 9.17) is 4.74 Å². The lowest BCUT2D eigenvalue weighted by Gasteiger charge is -2.09. The van der Waals surface area contributed by atoms with Crippen LogP contribution in [0.25, 0.3) is 0 Å². The van der Waals surface area contributed by atoms with Gasteiger partial charge in [0.2, 0.25) is 0 Å². The molecule has 0 aliphatic carbocycles. The molecular formula is C12H13FO5. The molecule has 0 unspecified atom stereocenters. The van der Waals surface area contributed by atoms with Crippen LogP contribution in [0.2, 0.25) is 0 Å². The lowest BCUT2D eigenvalue weighted by Crippen LogP contribution is -2.16. The number of rotatable bonds is 5. The fraction of sp³-hybridized carbons (Fsp3) is 0.333. The van der Waals surface area contributed by atoms with E-state index in [0.717, 1.165) is 12.1 Å². The van der Waals surface area contributed by atoms with Gasteiger partial charge in [-0.25, -0.2) is 14.0 Å². The summed E-state index contributed by atoms with van der Waals surface area (Å²) in [5, 5.41) is 0. The normalized spacial score (nSPS) is 9.72. The number of esters is 2. The number of halogens is 1. The van der Waals surface area contributed by atoms with E-state index in [1.54, 1.807) is 6.92 Å². The Morgan fingerprint density at radius 2 is 2.06 bits per heavy atom. The summed E-state index contributed by atoms with van der Waals surface area (Å²) in [5.41, 5.74) is -0.0817. The van der Waals surface area contributed by atoms with Crippen molar-refractivity contribution in [3.05, 3.63) is 29.6 Å². The van der Waals surface area contributed by atoms with Crippen molar-refractivity contribution in [2.45, 2.75) is 6.92 Å². The Morgan fingerprint density at radius 1 is 1.33 bits per heavy atom. The van der Waals surface area contributed by atoms with Crippen LogP contribution in [-0.2, 0) is 14.3 Å². The zero-order valence-electron chi connectivity index (χ0n) is 10.1. The average Bonchev–Trinajstić information content (AvgIpc) is 2.36. The molecule has 1 aromatic rings. The molecule has 98 valence electrons. The highest BCUT2D eigenvalue weighted by atomic mass is 19.1. The van der Waals surface area contributed by atoms with E-state index >= 15 is 0 Å². The van der Waals surface area contributed by atoms with Gasteiger partial charge in [-0.2, -0.15) is 0 Å². The number of hydrogen-bond acceptors (Lipinski definition) is 5. The van der Waals surface area contributed by atoms with Gasteiger partial charge in [0.25, 0.3) is 0 Å². The minimum absolute atomic E-state index is 0.0660. The third-order valence-corrected chi connectivity index (χ3v) is 2.00. The summed E-state index contributed by atoms with van der Waals surface area (Å²) in [6.07, 6.45) is 0.